The van der Waals surface area contributed by atoms with Gasteiger partial charge in [-0.05, 0) is 6.92 Å². The van der Waals surface area contributed by atoms with Crippen molar-refractivity contribution in [3.05, 3.63) is 0 Å². The molecule has 0 heterocycles. The van der Waals surface area contributed by atoms with Crippen molar-refractivity contribution in [3.8, 4) is 49.9 Å². The van der Waals surface area contributed by atoms with Crippen LogP contribution in [0.15, 0.2) is 0 Å². The lowest BCUT2D eigenvalue weighted by atomic mass is 10.8. The average Bonchev–Trinajstić information content (AvgIpc) is 2.24. The van der Waals surface area contributed by atoms with E-state index < -0.39 is 0 Å². The number of ether oxygens (including phenoxy) is 1. The number of rotatable bonds is 1. The average molecular weight is 192 g/mol. The number of terminal acetylenes is 4. The molecule has 0 saturated carbocycles. The third-order valence-electron chi connectivity index (χ3n) is 0.319. The van der Waals surface area contributed by atoms with Crippen molar-refractivity contribution in [2.45, 2.75) is 6.92 Å². The van der Waals surface area contributed by atoms with E-state index in [2.05, 4.69) is 42.3 Å². The lowest BCUT2D eigenvalue weighted by molar-refractivity contribution is 0.240. The first-order chi connectivity index (χ1) is 6.74. The minimum absolute atomic E-state index is 0.153. The normalized spacial score (nSPS) is 4.43. The highest BCUT2D eigenvalue weighted by atomic mass is 16.5. The summed E-state index contributed by atoms with van der Waals surface area (Å²) in [6.07, 6.45) is 21.9. The van der Waals surface area contributed by atoms with Gasteiger partial charge in [0.15, 0.2) is 0 Å². The van der Waals surface area contributed by atoms with E-state index in [9.17, 15) is 0 Å². The molecule has 0 rings (SSSR count). The number of methoxy groups -OCH3 is 1. The third-order valence-corrected chi connectivity index (χ3v) is 0.319. The monoisotopic (exact) mass is 192 g/mol. The molecule has 0 aromatic carbocycles. The second-order valence-electron chi connectivity index (χ2n) is 1.29. The van der Waals surface area contributed by atoms with Crippen LogP contribution in [-0.2, 0) is 4.74 Å². The molecule has 0 radical (unpaired) electrons. The second-order valence-corrected chi connectivity index (χ2v) is 1.29. The molecule has 14 heavy (non-hydrogen) atoms. The van der Waals surface area contributed by atoms with E-state index in [0.717, 1.165) is 0 Å². The standard InChI is InChI=1S/C4H6O.C3H4O.C3H4.C2H2/c1-3-4-5-2;1-2-3-4;1-3-2;1-2/h1H,4H2,2H3;1,4H,3H2;1H,2H3;1-2H. The minimum Gasteiger partial charge on any atom is -0.384 e. The molecule has 0 aromatic rings. The Labute approximate surface area is 87.7 Å². The summed E-state index contributed by atoms with van der Waals surface area (Å²) in [6.45, 7) is 1.92. The maximum atomic E-state index is 7.64. The molecule has 1 N–H and O–H groups in total. The summed E-state index contributed by atoms with van der Waals surface area (Å²) in [7, 11) is 1.57. The first kappa shape index (κ1) is 22.7. The highest BCUT2D eigenvalue weighted by molar-refractivity contribution is 4.82. The van der Waals surface area contributed by atoms with Crippen molar-refractivity contribution in [3.63, 3.8) is 0 Å². The summed E-state index contributed by atoms with van der Waals surface area (Å²) in [5.41, 5.74) is 0. The molecule has 0 aliphatic heterocycles. The van der Waals surface area contributed by atoms with Crippen LogP contribution in [0.25, 0.3) is 0 Å². The molecule has 76 valence electrons. The highest BCUT2D eigenvalue weighted by Crippen LogP contribution is 1.53. The van der Waals surface area contributed by atoms with Crippen molar-refractivity contribution in [2.75, 3.05) is 20.3 Å². The van der Waals surface area contributed by atoms with Crippen molar-refractivity contribution < 1.29 is 9.84 Å². The van der Waals surface area contributed by atoms with Crippen molar-refractivity contribution in [1.82, 2.24) is 0 Å². The van der Waals surface area contributed by atoms with Gasteiger partial charge in [0.2, 0.25) is 0 Å². The number of aliphatic hydroxyl groups excluding tert-OH is 1. The summed E-state index contributed by atoms with van der Waals surface area (Å²) in [5.74, 6) is 6.53. The van der Waals surface area contributed by atoms with Crippen LogP contribution >= 0.6 is 0 Å². The van der Waals surface area contributed by atoms with Crippen LogP contribution in [0.3, 0.4) is 0 Å². The molecule has 0 aromatic heterocycles. The van der Waals surface area contributed by atoms with E-state index in [1.54, 1.807) is 14.0 Å². The Morgan fingerprint density at radius 2 is 1.43 bits per heavy atom. The largest absolute Gasteiger partial charge is 0.384 e. The Balaban J connectivity index is -0.0000000505. The summed E-state index contributed by atoms with van der Waals surface area (Å²) in [6, 6.07) is 0. The van der Waals surface area contributed by atoms with Crippen molar-refractivity contribution in [1.29, 1.82) is 0 Å². The van der Waals surface area contributed by atoms with E-state index in [1.807, 2.05) is 5.92 Å². The van der Waals surface area contributed by atoms with E-state index in [1.165, 1.54) is 0 Å². The summed E-state index contributed by atoms with van der Waals surface area (Å²) in [4.78, 5) is 0. The number of hydrogen-bond donors (Lipinski definition) is 1. The van der Waals surface area contributed by atoms with Gasteiger partial charge < -0.3 is 9.84 Å². The lowest BCUT2D eigenvalue weighted by Gasteiger charge is -1.76. The smallest absolute Gasteiger partial charge is 0.107 e. The van der Waals surface area contributed by atoms with Crippen molar-refractivity contribution >= 4 is 0 Å². The van der Waals surface area contributed by atoms with E-state index >= 15 is 0 Å². The molecule has 2 heteroatoms. The molecule has 0 amide bonds. The topological polar surface area (TPSA) is 29.5 Å². The molecule has 0 saturated heterocycles. The zero-order chi connectivity index (χ0) is 12.2. The maximum absolute atomic E-state index is 7.64. The fourth-order valence-electron chi connectivity index (χ4n) is 0.0833. The fourth-order valence-corrected chi connectivity index (χ4v) is 0.0833. The van der Waals surface area contributed by atoms with Crippen LogP contribution in [0.5, 0.6) is 0 Å². The van der Waals surface area contributed by atoms with Gasteiger partial charge in [-0.1, -0.05) is 11.8 Å². The Hall–Kier alpha value is -1.84. The van der Waals surface area contributed by atoms with Crippen LogP contribution < -0.4 is 0 Å². The first-order valence-corrected chi connectivity index (χ1v) is 3.42. The Morgan fingerprint density at radius 3 is 1.43 bits per heavy atom. The second kappa shape index (κ2) is 66.6. The molecular formula is C12H16O2. The fraction of sp³-hybridized carbons (Fsp3) is 0.333. The van der Waals surface area contributed by atoms with Gasteiger partial charge in [-0.25, -0.2) is 0 Å². The maximum Gasteiger partial charge on any atom is 0.107 e. The summed E-state index contributed by atoms with van der Waals surface area (Å²) >= 11 is 0. The van der Waals surface area contributed by atoms with Gasteiger partial charge in [0.1, 0.15) is 13.2 Å². The van der Waals surface area contributed by atoms with Gasteiger partial charge in [0.25, 0.3) is 0 Å². The van der Waals surface area contributed by atoms with Crippen LogP contribution in [0.4, 0.5) is 0 Å². The van der Waals surface area contributed by atoms with Crippen LogP contribution in [0, 0.1) is 49.9 Å². The van der Waals surface area contributed by atoms with Gasteiger partial charge in [-0.15, -0.1) is 38.0 Å². The predicted molar refractivity (Wildman–Crippen MR) is 61.0 cm³/mol. The number of hydrogen-bond acceptors (Lipinski definition) is 2. The van der Waals surface area contributed by atoms with Gasteiger partial charge in [-0.2, -0.15) is 0 Å². The van der Waals surface area contributed by atoms with E-state index in [-0.39, 0.29) is 6.61 Å². The van der Waals surface area contributed by atoms with Crippen LogP contribution in [-0.4, -0.2) is 25.4 Å². The van der Waals surface area contributed by atoms with Gasteiger partial charge in [0, 0.05) is 7.11 Å². The SMILES string of the molecule is C#C.C#CC.C#CCO.C#CCOC. The zero-order valence-electron chi connectivity index (χ0n) is 8.66. The van der Waals surface area contributed by atoms with Gasteiger partial charge in [0.05, 0.1) is 0 Å². The zero-order valence-corrected chi connectivity index (χ0v) is 8.66. The molecule has 0 aliphatic carbocycles. The molecular weight excluding hydrogens is 176 g/mol. The molecule has 0 fully saturated rings. The first-order valence-electron chi connectivity index (χ1n) is 3.42. The molecule has 0 spiro atoms. The molecule has 0 bridgehead atoms. The Morgan fingerprint density at radius 1 is 1.14 bits per heavy atom. The van der Waals surface area contributed by atoms with E-state index in [0.29, 0.717) is 6.61 Å². The van der Waals surface area contributed by atoms with Gasteiger partial charge in [-0.3, -0.25) is 0 Å². The number of aliphatic hydroxyl groups is 1. The van der Waals surface area contributed by atoms with Gasteiger partial charge >= 0.3 is 0 Å². The summed E-state index contributed by atoms with van der Waals surface area (Å²) < 4.78 is 4.45. The quantitative estimate of drug-likeness (QED) is 0.622. The lowest BCUT2D eigenvalue weighted by Crippen LogP contribution is -1.77. The molecule has 0 aliphatic rings. The Bertz CT molecular complexity index is 195. The minimum atomic E-state index is -0.153. The van der Waals surface area contributed by atoms with Crippen molar-refractivity contribution in [2.24, 2.45) is 0 Å². The van der Waals surface area contributed by atoms with Crippen LogP contribution in [0.1, 0.15) is 6.92 Å². The molecule has 2 nitrogen and oxygen atoms in total. The molecule has 0 atom stereocenters. The predicted octanol–water partition coefficient (Wildman–Crippen LogP) is 0.767. The third kappa shape index (κ3) is 634. The summed E-state index contributed by atoms with van der Waals surface area (Å²) in [5, 5.41) is 7.64. The molecule has 0 unspecified atom stereocenters. The van der Waals surface area contributed by atoms with Crippen LogP contribution in [0.2, 0.25) is 0 Å². The Kier molecular flexibility index (Phi) is 108. The van der Waals surface area contributed by atoms with E-state index in [4.69, 9.17) is 11.5 Å². The highest BCUT2D eigenvalue weighted by Gasteiger charge is 1.57.